The van der Waals surface area contributed by atoms with Crippen LogP contribution in [0.1, 0.15) is 23.1 Å². The first-order valence-corrected chi connectivity index (χ1v) is 13.3. The lowest BCUT2D eigenvalue weighted by molar-refractivity contribution is -0.155. The van der Waals surface area contributed by atoms with Crippen LogP contribution in [0.4, 0.5) is 9.59 Å². The minimum Gasteiger partial charge on any atom is -0.508 e. The first-order chi connectivity index (χ1) is 21.1. The van der Waals surface area contributed by atoms with Gasteiger partial charge in [0.1, 0.15) is 19.0 Å². The minimum absolute atomic E-state index is 0.0345. The van der Waals surface area contributed by atoms with Crippen molar-refractivity contribution in [3.8, 4) is 5.75 Å². The molecule has 0 radical (unpaired) electrons. The van der Waals surface area contributed by atoms with Gasteiger partial charge in [0.15, 0.2) is 6.04 Å². The van der Waals surface area contributed by atoms with Crippen molar-refractivity contribution in [2.24, 2.45) is 5.73 Å². The molecule has 4 aromatic rings. The van der Waals surface area contributed by atoms with Crippen molar-refractivity contribution >= 4 is 41.0 Å². The van der Waals surface area contributed by atoms with Crippen LogP contribution in [0.3, 0.4) is 0 Å². The number of rotatable bonds is 11. The number of benzene rings is 3. The van der Waals surface area contributed by atoms with Gasteiger partial charge in [0.2, 0.25) is 5.91 Å². The second kappa shape index (κ2) is 14.5. The number of aromatic hydroxyl groups is 1. The number of fused-ring (bicyclic) bond motifs is 1. The van der Waals surface area contributed by atoms with Crippen molar-refractivity contribution in [3.63, 3.8) is 0 Å². The van der Waals surface area contributed by atoms with E-state index in [0.29, 0.717) is 27.6 Å². The summed E-state index contributed by atoms with van der Waals surface area (Å²) in [6.07, 6.45) is -2.60. The Balaban J connectivity index is 1.57. The van der Waals surface area contributed by atoms with E-state index in [4.69, 9.17) is 19.9 Å². The molecule has 228 valence electrons. The first kappa shape index (κ1) is 31.3. The zero-order valence-electron chi connectivity index (χ0n) is 23.3. The van der Waals surface area contributed by atoms with Crippen molar-refractivity contribution in [2.45, 2.75) is 38.1 Å². The molecule has 44 heavy (non-hydrogen) atoms. The number of carbonyl (C=O) groups is 5. The molecule has 1 aromatic heterocycles. The predicted molar refractivity (Wildman–Crippen MR) is 154 cm³/mol. The summed E-state index contributed by atoms with van der Waals surface area (Å²) in [6.45, 7) is -0.586. The number of ether oxygens (including phenoxy) is 3. The maximum Gasteiger partial charge on any atom is 0.516 e. The van der Waals surface area contributed by atoms with Gasteiger partial charge in [-0.05, 0) is 41.3 Å². The lowest BCUT2D eigenvalue weighted by Gasteiger charge is -2.28. The first-order valence-electron chi connectivity index (χ1n) is 13.3. The number of phenolic OH excluding ortho intramolecular Hbond substituents is 1. The fourth-order valence-electron chi connectivity index (χ4n) is 4.34. The Morgan fingerprint density at radius 1 is 0.864 bits per heavy atom. The molecule has 4 rings (SSSR count). The number of hydrogen-bond donors (Lipinski definition) is 4. The summed E-state index contributed by atoms with van der Waals surface area (Å²) in [5.74, 6) is -4.33. The number of carbonyl (C=O) groups excluding carboxylic acids is 4. The Morgan fingerprint density at radius 2 is 1.48 bits per heavy atom. The van der Waals surface area contributed by atoms with Crippen molar-refractivity contribution in [1.82, 2.24) is 9.88 Å². The normalized spacial score (nSPS) is 12.1. The van der Waals surface area contributed by atoms with Gasteiger partial charge in [-0.3, -0.25) is 9.59 Å². The number of aliphatic carboxylic acids is 1. The number of phenols is 1. The smallest absolute Gasteiger partial charge is 0.508 e. The Morgan fingerprint density at radius 3 is 2.09 bits per heavy atom. The second-order valence-corrected chi connectivity index (χ2v) is 9.66. The average molecular weight is 604 g/mol. The maximum absolute atomic E-state index is 13.7. The summed E-state index contributed by atoms with van der Waals surface area (Å²) < 4.78 is 14.9. The molecule has 13 heteroatoms. The number of carboxylic acid groups (broad SMARTS) is 1. The summed E-state index contributed by atoms with van der Waals surface area (Å²) in [5, 5.41) is 20.0. The number of aromatic nitrogens is 1. The SMILES string of the molecule is NC(Cc1c[nH]c2ccc(O)cc12)C(=O)N(C(=O)OCc1ccccc1)C(CC(=O)O)C(=O)OC(=O)OCc1ccccc1. The topological polar surface area (TPSA) is 199 Å². The quantitative estimate of drug-likeness (QED) is 0.144. The number of nitrogens with one attached hydrogen (secondary N) is 1. The van der Waals surface area contributed by atoms with Gasteiger partial charge in [-0.15, -0.1) is 0 Å². The van der Waals surface area contributed by atoms with Crippen LogP contribution in [-0.2, 0) is 48.2 Å². The molecule has 0 saturated carbocycles. The predicted octanol–water partition coefficient (Wildman–Crippen LogP) is 3.63. The summed E-state index contributed by atoms with van der Waals surface area (Å²) in [7, 11) is 0. The van der Waals surface area contributed by atoms with Crippen molar-refractivity contribution in [2.75, 3.05) is 0 Å². The summed E-state index contributed by atoms with van der Waals surface area (Å²) in [4.78, 5) is 67.4. The van der Waals surface area contributed by atoms with Gasteiger partial charge >= 0.3 is 24.2 Å². The molecule has 0 spiro atoms. The molecule has 2 amide bonds. The number of imide groups is 1. The van der Waals surface area contributed by atoms with Gasteiger partial charge in [-0.25, -0.2) is 19.3 Å². The van der Waals surface area contributed by atoms with E-state index < -0.39 is 48.6 Å². The molecule has 3 aromatic carbocycles. The van der Waals surface area contributed by atoms with Crippen LogP contribution >= 0.6 is 0 Å². The van der Waals surface area contributed by atoms with Crippen LogP contribution < -0.4 is 5.73 Å². The molecule has 0 aliphatic rings. The van der Waals surface area contributed by atoms with Gasteiger partial charge in [0, 0.05) is 17.1 Å². The van der Waals surface area contributed by atoms with E-state index in [1.165, 1.54) is 12.1 Å². The average Bonchev–Trinajstić information content (AvgIpc) is 3.40. The van der Waals surface area contributed by atoms with E-state index in [1.54, 1.807) is 72.9 Å². The highest BCUT2D eigenvalue weighted by Crippen LogP contribution is 2.24. The van der Waals surface area contributed by atoms with Gasteiger partial charge in [0.05, 0.1) is 12.5 Å². The number of aromatic amines is 1. The summed E-state index contributed by atoms with van der Waals surface area (Å²) in [6, 6.07) is 17.8. The second-order valence-electron chi connectivity index (χ2n) is 9.66. The standard InChI is InChI=1S/C31H29N3O10/c32-24(13-21-16-33-25-12-11-22(35)14-23(21)25)28(38)34(30(40)42-17-19-7-3-1-4-8-19)26(15-27(36)37)29(39)44-31(41)43-18-20-9-5-2-6-10-20/h1-12,14,16,24,26,33,35H,13,15,17-18,32H2,(H,36,37). The monoisotopic (exact) mass is 603 g/mol. The van der Waals surface area contributed by atoms with E-state index in [-0.39, 0.29) is 30.3 Å². The minimum atomic E-state index is -2.13. The lowest BCUT2D eigenvalue weighted by atomic mass is 10.0. The maximum atomic E-state index is 13.7. The van der Waals surface area contributed by atoms with E-state index in [2.05, 4.69) is 4.98 Å². The highest BCUT2D eigenvalue weighted by molar-refractivity contribution is 6.01. The van der Waals surface area contributed by atoms with E-state index in [0.717, 1.165) is 0 Å². The molecule has 0 bridgehead atoms. The van der Waals surface area contributed by atoms with Crippen LogP contribution in [0.25, 0.3) is 10.9 Å². The number of nitrogens with zero attached hydrogens (tertiary/aromatic N) is 1. The molecular weight excluding hydrogens is 574 g/mol. The molecule has 0 fully saturated rings. The molecule has 0 saturated heterocycles. The third kappa shape index (κ3) is 8.20. The number of amides is 2. The van der Waals surface area contributed by atoms with Gasteiger partial charge in [-0.1, -0.05) is 60.7 Å². The van der Waals surface area contributed by atoms with Crippen LogP contribution in [-0.4, -0.2) is 62.3 Å². The Kier molecular flexibility index (Phi) is 10.3. The number of H-pyrrole nitrogens is 1. The van der Waals surface area contributed by atoms with E-state index >= 15 is 0 Å². The third-order valence-corrected chi connectivity index (χ3v) is 6.48. The number of esters is 1. The van der Waals surface area contributed by atoms with Crippen LogP contribution in [0.2, 0.25) is 0 Å². The van der Waals surface area contributed by atoms with Gasteiger partial charge in [-0.2, -0.15) is 0 Å². The zero-order chi connectivity index (χ0) is 31.6. The van der Waals surface area contributed by atoms with E-state index in [9.17, 15) is 34.2 Å². The van der Waals surface area contributed by atoms with Crippen molar-refractivity contribution in [3.05, 3.63) is 102 Å². The summed E-state index contributed by atoms with van der Waals surface area (Å²) in [5.41, 5.74) is 8.45. The highest BCUT2D eigenvalue weighted by atomic mass is 16.7. The lowest BCUT2D eigenvalue weighted by Crippen LogP contribution is -2.56. The van der Waals surface area contributed by atoms with Crippen LogP contribution in [0.5, 0.6) is 5.75 Å². The molecule has 13 nitrogen and oxygen atoms in total. The molecule has 0 aliphatic carbocycles. The van der Waals surface area contributed by atoms with Gasteiger partial charge in [0.25, 0.3) is 0 Å². The zero-order valence-corrected chi connectivity index (χ0v) is 23.3. The third-order valence-electron chi connectivity index (χ3n) is 6.48. The molecule has 0 aliphatic heterocycles. The fourth-order valence-corrected chi connectivity index (χ4v) is 4.34. The molecule has 2 atom stereocenters. The Labute approximate surface area is 250 Å². The summed E-state index contributed by atoms with van der Waals surface area (Å²) >= 11 is 0. The molecule has 1 heterocycles. The van der Waals surface area contributed by atoms with Crippen molar-refractivity contribution in [1.29, 1.82) is 0 Å². The van der Waals surface area contributed by atoms with Gasteiger partial charge < -0.3 is 35.1 Å². The molecular formula is C31H29N3O10. The number of hydrogen-bond acceptors (Lipinski definition) is 10. The Hall–Kier alpha value is -5.69. The largest absolute Gasteiger partial charge is 0.516 e. The van der Waals surface area contributed by atoms with Crippen LogP contribution in [0.15, 0.2) is 85.1 Å². The number of carboxylic acids is 1. The van der Waals surface area contributed by atoms with E-state index in [1.807, 2.05) is 0 Å². The Bertz CT molecular complexity index is 1640. The van der Waals surface area contributed by atoms with Crippen LogP contribution in [0, 0.1) is 0 Å². The fraction of sp³-hybridized carbons (Fsp3) is 0.194. The number of nitrogens with two attached hydrogens (primary N) is 1. The molecule has 5 N–H and O–H groups in total. The van der Waals surface area contributed by atoms with Crippen molar-refractivity contribution < 1.29 is 48.4 Å². The highest BCUT2D eigenvalue weighted by Gasteiger charge is 2.42. The molecule has 2 unspecified atom stereocenters.